The number of rotatable bonds is 3. The first-order valence-corrected chi connectivity index (χ1v) is 8.67. The number of carbonyl (C=O) groups is 2. The van der Waals surface area contributed by atoms with Gasteiger partial charge in [-0.25, -0.2) is 4.90 Å². The van der Waals surface area contributed by atoms with Crippen LogP contribution in [0, 0.1) is 6.92 Å². The van der Waals surface area contributed by atoms with E-state index in [-0.39, 0.29) is 11.8 Å². The minimum atomic E-state index is -0.357. The molecule has 0 saturated heterocycles. The van der Waals surface area contributed by atoms with Gasteiger partial charge in [0.15, 0.2) is 5.82 Å². The van der Waals surface area contributed by atoms with Gasteiger partial charge in [0.1, 0.15) is 0 Å². The molecule has 4 rings (SSSR count). The van der Waals surface area contributed by atoms with E-state index in [4.69, 9.17) is 23.2 Å². The number of carbonyl (C=O) groups excluding carboxylic acids is 2. The van der Waals surface area contributed by atoms with Gasteiger partial charge in [0.05, 0.1) is 27.7 Å². The lowest BCUT2D eigenvalue weighted by atomic mass is 10.1. The standard InChI is InChI=1S/C19H13Cl2N3O2/c1-11-8-17(22-23(11)10-12-6-7-15(20)16(21)9-12)24-18(25)13-4-2-3-5-14(13)19(24)26/h2-9H,10H2,1H3. The van der Waals surface area contributed by atoms with Crippen molar-refractivity contribution in [1.82, 2.24) is 9.78 Å². The van der Waals surface area contributed by atoms with Gasteiger partial charge >= 0.3 is 0 Å². The fourth-order valence-electron chi connectivity index (χ4n) is 2.97. The van der Waals surface area contributed by atoms with Gasteiger partial charge in [-0.1, -0.05) is 41.4 Å². The summed E-state index contributed by atoms with van der Waals surface area (Å²) in [6, 6.07) is 13.8. The lowest BCUT2D eigenvalue weighted by Gasteiger charge is -2.10. The van der Waals surface area contributed by atoms with Crippen molar-refractivity contribution >= 4 is 40.8 Å². The van der Waals surface area contributed by atoms with Gasteiger partial charge in [0.25, 0.3) is 11.8 Å². The molecule has 0 N–H and O–H groups in total. The Morgan fingerprint density at radius 1 is 0.923 bits per heavy atom. The van der Waals surface area contributed by atoms with Crippen molar-refractivity contribution in [2.45, 2.75) is 13.5 Å². The molecule has 130 valence electrons. The minimum absolute atomic E-state index is 0.314. The van der Waals surface area contributed by atoms with Crippen LogP contribution in [-0.2, 0) is 6.54 Å². The molecular weight excluding hydrogens is 373 g/mol. The molecule has 1 aliphatic heterocycles. The topological polar surface area (TPSA) is 55.2 Å². The molecule has 2 heterocycles. The quantitative estimate of drug-likeness (QED) is 0.629. The summed E-state index contributed by atoms with van der Waals surface area (Å²) in [5, 5.41) is 5.40. The van der Waals surface area contributed by atoms with E-state index >= 15 is 0 Å². The molecule has 1 aliphatic rings. The van der Waals surface area contributed by atoms with Gasteiger partial charge in [-0.15, -0.1) is 0 Å². The van der Waals surface area contributed by atoms with Gasteiger partial charge < -0.3 is 0 Å². The number of anilines is 1. The summed E-state index contributed by atoms with van der Waals surface area (Å²) >= 11 is 12.0. The monoisotopic (exact) mass is 385 g/mol. The van der Waals surface area contributed by atoms with Crippen LogP contribution in [0.2, 0.25) is 10.0 Å². The minimum Gasteiger partial charge on any atom is -0.268 e. The number of nitrogens with zero attached hydrogens (tertiary/aromatic N) is 3. The summed E-state index contributed by atoms with van der Waals surface area (Å²) in [5.74, 6) is -0.400. The highest BCUT2D eigenvalue weighted by atomic mass is 35.5. The van der Waals surface area contributed by atoms with Gasteiger partial charge in [-0.2, -0.15) is 5.10 Å². The average Bonchev–Trinajstić information content (AvgIpc) is 3.09. The molecule has 0 saturated carbocycles. The number of aryl methyl sites for hydroxylation is 1. The maximum atomic E-state index is 12.6. The lowest BCUT2D eigenvalue weighted by molar-refractivity contribution is 0.0925. The van der Waals surface area contributed by atoms with Gasteiger partial charge in [-0.05, 0) is 36.8 Å². The Morgan fingerprint density at radius 3 is 2.19 bits per heavy atom. The zero-order chi connectivity index (χ0) is 18.4. The van der Waals surface area contributed by atoms with Crippen molar-refractivity contribution in [2.75, 3.05) is 4.90 Å². The lowest BCUT2D eigenvalue weighted by Crippen LogP contribution is -2.29. The van der Waals surface area contributed by atoms with Crippen LogP contribution in [-0.4, -0.2) is 21.6 Å². The van der Waals surface area contributed by atoms with E-state index in [2.05, 4.69) is 5.10 Å². The second kappa shape index (κ2) is 6.27. The molecule has 0 aliphatic carbocycles. The third-order valence-corrected chi connectivity index (χ3v) is 5.05. The van der Waals surface area contributed by atoms with Crippen molar-refractivity contribution in [2.24, 2.45) is 0 Å². The molecule has 5 nitrogen and oxygen atoms in total. The first kappa shape index (κ1) is 16.8. The Hall–Kier alpha value is -2.63. The number of halogens is 2. The fourth-order valence-corrected chi connectivity index (χ4v) is 3.29. The molecule has 0 fully saturated rings. The van der Waals surface area contributed by atoms with Crippen LogP contribution in [0.5, 0.6) is 0 Å². The highest BCUT2D eigenvalue weighted by Crippen LogP contribution is 2.28. The van der Waals surface area contributed by atoms with E-state index in [0.29, 0.717) is 33.5 Å². The van der Waals surface area contributed by atoms with Crippen LogP contribution in [0.1, 0.15) is 32.0 Å². The van der Waals surface area contributed by atoms with Crippen molar-refractivity contribution in [3.8, 4) is 0 Å². The first-order valence-electron chi connectivity index (χ1n) is 7.92. The number of aromatic nitrogens is 2. The number of amides is 2. The molecule has 0 spiro atoms. The van der Waals surface area contributed by atoms with E-state index in [0.717, 1.165) is 16.2 Å². The van der Waals surface area contributed by atoms with Crippen LogP contribution in [0.15, 0.2) is 48.5 Å². The molecule has 26 heavy (non-hydrogen) atoms. The summed E-state index contributed by atoms with van der Waals surface area (Å²) in [4.78, 5) is 26.3. The molecule has 2 amide bonds. The highest BCUT2D eigenvalue weighted by Gasteiger charge is 2.37. The molecule has 3 aromatic rings. The van der Waals surface area contributed by atoms with Crippen LogP contribution in [0.3, 0.4) is 0 Å². The zero-order valence-electron chi connectivity index (χ0n) is 13.7. The van der Waals surface area contributed by atoms with Crippen molar-refractivity contribution in [3.63, 3.8) is 0 Å². The normalized spacial score (nSPS) is 13.4. The predicted molar refractivity (Wildman–Crippen MR) is 100 cm³/mol. The highest BCUT2D eigenvalue weighted by molar-refractivity contribution is 6.42. The van der Waals surface area contributed by atoms with Gasteiger partial charge in [-0.3, -0.25) is 14.3 Å². The third kappa shape index (κ3) is 2.69. The molecule has 7 heteroatoms. The summed E-state index contributed by atoms with van der Waals surface area (Å²) in [5.41, 5.74) is 2.53. The maximum Gasteiger partial charge on any atom is 0.267 e. The van der Waals surface area contributed by atoms with Crippen LogP contribution < -0.4 is 4.90 Å². The molecule has 0 radical (unpaired) electrons. The Bertz CT molecular complexity index is 1020. The summed E-state index contributed by atoms with van der Waals surface area (Å²) in [6.45, 7) is 2.32. The van der Waals surface area contributed by atoms with Crippen molar-refractivity contribution in [1.29, 1.82) is 0 Å². The SMILES string of the molecule is Cc1cc(N2C(=O)c3ccccc3C2=O)nn1Cc1ccc(Cl)c(Cl)c1. The van der Waals surface area contributed by atoms with Gasteiger partial charge in [0, 0.05) is 11.8 Å². The summed E-state index contributed by atoms with van der Waals surface area (Å²) < 4.78 is 1.72. The molecule has 1 aromatic heterocycles. The second-order valence-electron chi connectivity index (χ2n) is 6.04. The second-order valence-corrected chi connectivity index (χ2v) is 6.86. The predicted octanol–water partition coefficient (Wildman–Crippen LogP) is 4.35. The van der Waals surface area contributed by atoms with Gasteiger partial charge in [0.2, 0.25) is 0 Å². The van der Waals surface area contributed by atoms with Crippen molar-refractivity contribution < 1.29 is 9.59 Å². The Balaban J connectivity index is 1.66. The molecular formula is C19H13Cl2N3O2. The number of benzene rings is 2. The molecule has 2 aromatic carbocycles. The molecule has 0 atom stereocenters. The summed E-state index contributed by atoms with van der Waals surface area (Å²) in [7, 11) is 0. The Kier molecular flexibility index (Phi) is 4.05. The number of imide groups is 1. The molecule has 0 bridgehead atoms. The smallest absolute Gasteiger partial charge is 0.267 e. The van der Waals surface area contributed by atoms with Crippen LogP contribution in [0.4, 0.5) is 5.82 Å². The maximum absolute atomic E-state index is 12.6. The van der Waals surface area contributed by atoms with E-state index in [1.54, 1.807) is 47.1 Å². The average molecular weight is 386 g/mol. The zero-order valence-corrected chi connectivity index (χ0v) is 15.3. The Morgan fingerprint density at radius 2 is 1.58 bits per heavy atom. The van der Waals surface area contributed by atoms with E-state index in [1.165, 1.54) is 0 Å². The van der Waals surface area contributed by atoms with E-state index in [1.807, 2.05) is 13.0 Å². The van der Waals surface area contributed by atoms with Crippen LogP contribution >= 0.6 is 23.2 Å². The number of fused-ring (bicyclic) bond motifs is 1. The largest absolute Gasteiger partial charge is 0.268 e. The van der Waals surface area contributed by atoms with E-state index in [9.17, 15) is 9.59 Å². The van der Waals surface area contributed by atoms with Crippen LogP contribution in [0.25, 0.3) is 0 Å². The first-order chi connectivity index (χ1) is 12.5. The molecule has 0 unspecified atom stereocenters. The summed E-state index contributed by atoms with van der Waals surface area (Å²) in [6.07, 6.45) is 0. The number of hydrogen-bond acceptors (Lipinski definition) is 3. The third-order valence-electron chi connectivity index (χ3n) is 4.31. The van der Waals surface area contributed by atoms with E-state index < -0.39 is 0 Å². The number of hydrogen-bond donors (Lipinski definition) is 0. The fraction of sp³-hybridized carbons (Fsp3) is 0.105. The van der Waals surface area contributed by atoms with Crippen molar-refractivity contribution in [3.05, 3.63) is 81.0 Å². The Labute approximate surface area is 159 Å².